The van der Waals surface area contributed by atoms with Crippen molar-refractivity contribution in [1.82, 2.24) is 19.9 Å². The second-order valence-corrected chi connectivity index (χ2v) is 7.73. The van der Waals surface area contributed by atoms with E-state index in [4.69, 9.17) is 5.73 Å². The zero-order valence-corrected chi connectivity index (χ0v) is 16.3. The standard InChI is InChI=1S/C22H18F3N5O/c23-22(24,25)10-30-9-17(18-19(26)27-11-28-20(18)30)13-4-7-15-12(8-13)2-1-3-16(15)21(31)29-14-5-6-14/h1-4,7-9,11,14H,5-6,10H2,(H,29,31)(H2,26,27,28). The average molecular weight is 425 g/mol. The van der Waals surface area contributed by atoms with E-state index in [1.165, 1.54) is 6.20 Å². The number of carbonyl (C=O) groups excluding carboxylic acids is 1. The van der Waals surface area contributed by atoms with Crippen molar-refractivity contribution in [3.8, 4) is 11.1 Å². The molecule has 0 bridgehead atoms. The lowest BCUT2D eigenvalue weighted by molar-refractivity contribution is -0.139. The number of hydrogen-bond donors (Lipinski definition) is 2. The topological polar surface area (TPSA) is 85.8 Å². The van der Waals surface area contributed by atoms with Crippen LogP contribution in [0.3, 0.4) is 0 Å². The number of halogens is 3. The van der Waals surface area contributed by atoms with Crippen molar-refractivity contribution in [1.29, 1.82) is 0 Å². The molecule has 5 rings (SSSR count). The maximum atomic E-state index is 13.1. The summed E-state index contributed by atoms with van der Waals surface area (Å²) >= 11 is 0. The van der Waals surface area contributed by atoms with Gasteiger partial charge in [-0.1, -0.05) is 24.3 Å². The molecule has 0 saturated heterocycles. The van der Waals surface area contributed by atoms with Gasteiger partial charge in [-0.3, -0.25) is 4.79 Å². The van der Waals surface area contributed by atoms with Crippen molar-refractivity contribution in [2.75, 3.05) is 5.73 Å². The maximum absolute atomic E-state index is 13.1. The summed E-state index contributed by atoms with van der Waals surface area (Å²) in [6, 6.07) is 11.1. The van der Waals surface area contributed by atoms with E-state index in [-0.39, 0.29) is 23.4 Å². The summed E-state index contributed by atoms with van der Waals surface area (Å²) in [7, 11) is 0. The van der Waals surface area contributed by atoms with Crippen LogP contribution in [0, 0.1) is 0 Å². The monoisotopic (exact) mass is 425 g/mol. The Morgan fingerprint density at radius 2 is 2.00 bits per heavy atom. The van der Waals surface area contributed by atoms with Gasteiger partial charge in [0.15, 0.2) is 0 Å². The van der Waals surface area contributed by atoms with Crippen LogP contribution in [0.2, 0.25) is 0 Å². The molecule has 0 aliphatic heterocycles. The molecule has 1 aliphatic rings. The minimum absolute atomic E-state index is 0.110. The number of nitrogens with zero attached hydrogens (tertiary/aromatic N) is 3. The number of fused-ring (bicyclic) bond motifs is 2. The number of alkyl halides is 3. The molecular weight excluding hydrogens is 407 g/mol. The van der Waals surface area contributed by atoms with Crippen LogP contribution in [0.1, 0.15) is 23.2 Å². The average Bonchev–Trinajstić information content (AvgIpc) is 3.46. The van der Waals surface area contributed by atoms with Crippen molar-refractivity contribution in [3.63, 3.8) is 0 Å². The molecule has 6 nitrogen and oxygen atoms in total. The van der Waals surface area contributed by atoms with Crippen LogP contribution < -0.4 is 11.1 Å². The zero-order valence-electron chi connectivity index (χ0n) is 16.3. The summed E-state index contributed by atoms with van der Waals surface area (Å²) < 4.78 is 40.2. The molecule has 3 N–H and O–H groups in total. The third kappa shape index (κ3) is 3.67. The van der Waals surface area contributed by atoms with E-state index in [9.17, 15) is 18.0 Å². The molecule has 0 spiro atoms. The molecule has 31 heavy (non-hydrogen) atoms. The maximum Gasteiger partial charge on any atom is 0.406 e. The zero-order chi connectivity index (χ0) is 21.8. The Morgan fingerprint density at radius 3 is 2.74 bits per heavy atom. The highest BCUT2D eigenvalue weighted by atomic mass is 19.4. The first-order valence-corrected chi connectivity index (χ1v) is 9.80. The first-order valence-electron chi connectivity index (χ1n) is 9.80. The summed E-state index contributed by atoms with van der Waals surface area (Å²) in [5.74, 6) is -0.0149. The van der Waals surface area contributed by atoms with Crippen molar-refractivity contribution >= 4 is 33.5 Å². The molecule has 2 aromatic heterocycles. The Morgan fingerprint density at radius 1 is 1.19 bits per heavy atom. The van der Waals surface area contributed by atoms with Crippen LogP contribution in [-0.2, 0) is 6.54 Å². The predicted molar refractivity (Wildman–Crippen MR) is 111 cm³/mol. The first kappa shape index (κ1) is 19.3. The molecule has 1 fully saturated rings. The lowest BCUT2D eigenvalue weighted by atomic mass is 9.98. The Kier molecular flexibility index (Phi) is 4.35. The van der Waals surface area contributed by atoms with Gasteiger partial charge in [0.25, 0.3) is 5.91 Å². The van der Waals surface area contributed by atoms with Gasteiger partial charge in [-0.15, -0.1) is 0 Å². The summed E-state index contributed by atoms with van der Waals surface area (Å²) in [6.07, 6.45) is 0.127. The van der Waals surface area contributed by atoms with Crippen molar-refractivity contribution in [3.05, 3.63) is 54.5 Å². The third-order valence-electron chi connectivity index (χ3n) is 5.38. The van der Waals surface area contributed by atoms with Crippen molar-refractivity contribution in [2.45, 2.75) is 31.6 Å². The van der Waals surface area contributed by atoms with Crippen LogP contribution in [0.15, 0.2) is 48.9 Å². The minimum Gasteiger partial charge on any atom is -0.383 e. The SMILES string of the molecule is Nc1ncnc2c1c(-c1ccc3c(C(=O)NC4CC4)cccc3c1)cn2CC(F)(F)F. The van der Waals surface area contributed by atoms with Gasteiger partial charge < -0.3 is 15.6 Å². The number of nitrogens with one attached hydrogen (secondary N) is 1. The summed E-state index contributed by atoms with van der Waals surface area (Å²) in [4.78, 5) is 20.5. The number of hydrogen-bond acceptors (Lipinski definition) is 4. The van der Waals surface area contributed by atoms with Gasteiger partial charge in [0.1, 0.15) is 24.3 Å². The molecule has 2 heterocycles. The van der Waals surface area contributed by atoms with Crippen molar-refractivity contribution < 1.29 is 18.0 Å². The van der Waals surface area contributed by atoms with Gasteiger partial charge in [0, 0.05) is 23.4 Å². The van der Waals surface area contributed by atoms with E-state index >= 15 is 0 Å². The molecule has 1 saturated carbocycles. The van der Waals surface area contributed by atoms with Crippen molar-refractivity contribution in [2.24, 2.45) is 0 Å². The number of aromatic nitrogens is 3. The second kappa shape index (κ2) is 6.97. The fraction of sp³-hybridized carbons (Fsp3) is 0.227. The van der Waals surface area contributed by atoms with Gasteiger partial charge >= 0.3 is 6.18 Å². The molecule has 2 aromatic carbocycles. The molecule has 0 unspecified atom stereocenters. The molecule has 158 valence electrons. The summed E-state index contributed by atoms with van der Waals surface area (Å²) in [5.41, 5.74) is 7.87. The van der Waals surface area contributed by atoms with Crippen LogP contribution in [-0.4, -0.2) is 32.7 Å². The fourth-order valence-electron chi connectivity index (χ4n) is 3.82. The molecule has 4 aromatic rings. The van der Waals surface area contributed by atoms with E-state index < -0.39 is 12.7 Å². The Bertz CT molecular complexity index is 1320. The minimum atomic E-state index is -4.41. The van der Waals surface area contributed by atoms with Crippen LogP contribution in [0.5, 0.6) is 0 Å². The number of nitrogens with two attached hydrogens (primary N) is 1. The van der Waals surface area contributed by atoms with E-state index in [1.54, 1.807) is 24.3 Å². The predicted octanol–water partition coefficient (Wildman–Crippen LogP) is 4.29. The number of nitrogen functional groups attached to an aromatic ring is 1. The van der Waals surface area contributed by atoms with Gasteiger partial charge in [0.2, 0.25) is 0 Å². The lowest BCUT2D eigenvalue weighted by Crippen LogP contribution is -2.25. The first-order chi connectivity index (χ1) is 14.8. The highest BCUT2D eigenvalue weighted by Crippen LogP contribution is 2.36. The number of anilines is 1. The third-order valence-corrected chi connectivity index (χ3v) is 5.38. The Hall–Kier alpha value is -3.62. The van der Waals surface area contributed by atoms with Gasteiger partial charge in [0.05, 0.1) is 5.39 Å². The Labute approximate surface area is 174 Å². The highest BCUT2D eigenvalue weighted by molar-refractivity contribution is 6.09. The number of rotatable bonds is 4. The van der Waals surface area contributed by atoms with E-state index in [0.29, 0.717) is 22.1 Å². The molecule has 0 radical (unpaired) electrons. The fourth-order valence-corrected chi connectivity index (χ4v) is 3.82. The van der Waals surface area contributed by atoms with E-state index in [0.717, 1.165) is 34.5 Å². The Balaban J connectivity index is 1.63. The van der Waals surface area contributed by atoms with Gasteiger partial charge in [-0.05, 0) is 41.3 Å². The van der Waals surface area contributed by atoms with Gasteiger partial charge in [-0.25, -0.2) is 9.97 Å². The lowest BCUT2D eigenvalue weighted by Gasteiger charge is -2.09. The molecule has 1 aliphatic carbocycles. The number of carbonyl (C=O) groups is 1. The second-order valence-electron chi connectivity index (χ2n) is 7.73. The highest BCUT2D eigenvalue weighted by Gasteiger charge is 2.30. The quantitative estimate of drug-likeness (QED) is 0.511. The van der Waals surface area contributed by atoms with Crippen LogP contribution in [0.4, 0.5) is 19.0 Å². The summed E-state index contributed by atoms with van der Waals surface area (Å²) in [5, 5.41) is 4.92. The van der Waals surface area contributed by atoms with Crippen LogP contribution >= 0.6 is 0 Å². The molecule has 0 atom stereocenters. The molecular formula is C22H18F3N5O. The largest absolute Gasteiger partial charge is 0.406 e. The normalized spacial score (nSPS) is 14.3. The summed E-state index contributed by atoms with van der Waals surface area (Å²) in [6.45, 7) is -1.18. The smallest absolute Gasteiger partial charge is 0.383 e. The molecule has 1 amide bonds. The molecule has 9 heteroatoms. The van der Waals surface area contributed by atoms with E-state index in [1.807, 2.05) is 12.1 Å². The van der Waals surface area contributed by atoms with E-state index in [2.05, 4.69) is 15.3 Å². The van der Waals surface area contributed by atoms with Gasteiger partial charge in [-0.2, -0.15) is 13.2 Å². The van der Waals surface area contributed by atoms with Crippen LogP contribution in [0.25, 0.3) is 32.9 Å². The number of benzene rings is 2. The number of amides is 1.